The van der Waals surface area contributed by atoms with Crippen LogP contribution in [0.4, 0.5) is 10.5 Å². The van der Waals surface area contributed by atoms with Crippen LogP contribution >= 0.6 is 0 Å². The Bertz CT molecular complexity index is 1890. The predicted octanol–water partition coefficient (Wildman–Crippen LogP) is 3.49. The fourth-order valence-corrected chi connectivity index (χ4v) is 5.40. The number of aliphatic hydroxyl groups excluding tert-OH is 1. The third-order valence-electron chi connectivity index (χ3n) is 7.69. The van der Waals surface area contributed by atoms with E-state index in [2.05, 4.69) is 5.32 Å². The minimum atomic E-state index is -1.53. The number of amides is 2. The highest BCUT2D eigenvalue weighted by Crippen LogP contribution is 2.39. The fourth-order valence-electron chi connectivity index (χ4n) is 5.40. The number of methoxy groups -OCH3 is 1. The molecule has 1 saturated heterocycles. The largest absolute Gasteiger partial charge is 0.505 e. The quantitative estimate of drug-likeness (QED) is 0.127. The molecule has 14 heteroatoms. The topological polar surface area (TPSA) is 220 Å². The average molecular weight is 637 g/mol. The molecule has 1 aliphatic heterocycles. The van der Waals surface area contributed by atoms with Gasteiger partial charge in [0.2, 0.25) is 6.29 Å². The van der Waals surface area contributed by atoms with Gasteiger partial charge in [-0.15, -0.1) is 0 Å². The van der Waals surface area contributed by atoms with Crippen LogP contribution in [0.5, 0.6) is 23.0 Å². The molecule has 14 nitrogen and oxygen atoms in total. The molecule has 2 heterocycles. The number of nitrogens with one attached hydrogen (secondary N) is 1. The molecule has 0 saturated carbocycles. The summed E-state index contributed by atoms with van der Waals surface area (Å²) in [7, 11) is 1.36. The van der Waals surface area contributed by atoms with Gasteiger partial charge in [0.15, 0.2) is 35.1 Å². The van der Waals surface area contributed by atoms with E-state index < -0.39 is 59.3 Å². The predicted molar refractivity (Wildman–Crippen MR) is 163 cm³/mol. The van der Waals surface area contributed by atoms with Gasteiger partial charge < -0.3 is 54.8 Å². The highest BCUT2D eigenvalue weighted by molar-refractivity contribution is 6.07. The maximum atomic E-state index is 13.1. The van der Waals surface area contributed by atoms with E-state index in [1.165, 1.54) is 43.5 Å². The molecule has 242 valence electrons. The number of hydrogen-bond donors (Lipinski definition) is 6. The molecule has 1 aliphatic rings. The number of hydrogen-bond acceptors (Lipinski definition) is 12. The van der Waals surface area contributed by atoms with Crippen molar-refractivity contribution in [3.63, 3.8) is 0 Å². The molecule has 3 aromatic carbocycles. The first-order valence-corrected chi connectivity index (χ1v) is 14.0. The van der Waals surface area contributed by atoms with E-state index in [4.69, 9.17) is 29.1 Å². The summed E-state index contributed by atoms with van der Waals surface area (Å²) in [5, 5.41) is 43.9. The van der Waals surface area contributed by atoms with Crippen molar-refractivity contribution in [2.75, 3.05) is 12.4 Å². The number of anilines is 1. The first-order chi connectivity index (χ1) is 21.7. The summed E-state index contributed by atoms with van der Waals surface area (Å²) in [4.78, 5) is 37.7. The summed E-state index contributed by atoms with van der Waals surface area (Å²) >= 11 is 0. The zero-order valence-electron chi connectivity index (χ0n) is 25.1. The second kappa shape index (κ2) is 12.2. The molecule has 1 fully saturated rings. The number of primary amides is 1. The van der Waals surface area contributed by atoms with Crippen LogP contribution in [0.15, 0.2) is 63.8 Å². The van der Waals surface area contributed by atoms with Crippen molar-refractivity contribution in [2.45, 2.75) is 51.0 Å². The van der Waals surface area contributed by atoms with Crippen LogP contribution in [0.1, 0.15) is 29.8 Å². The molecule has 0 unspecified atom stereocenters. The molecule has 4 atom stereocenters. The number of ether oxygens (including phenoxy) is 4. The Kier molecular flexibility index (Phi) is 8.54. The second-order valence-corrected chi connectivity index (χ2v) is 11.2. The van der Waals surface area contributed by atoms with E-state index in [0.717, 1.165) is 0 Å². The molecule has 46 heavy (non-hydrogen) atoms. The van der Waals surface area contributed by atoms with E-state index in [1.54, 1.807) is 39.0 Å². The molecule has 5 rings (SSSR count). The molecule has 0 spiro atoms. The van der Waals surface area contributed by atoms with Crippen LogP contribution in [0.25, 0.3) is 22.1 Å². The molecule has 1 aromatic heterocycles. The third-order valence-corrected chi connectivity index (χ3v) is 7.69. The van der Waals surface area contributed by atoms with Crippen LogP contribution in [0.3, 0.4) is 0 Å². The zero-order valence-corrected chi connectivity index (χ0v) is 25.1. The Hall–Kier alpha value is -5.31. The number of benzene rings is 3. The van der Waals surface area contributed by atoms with Crippen molar-refractivity contribution in [3.05, 3.63) is 76.1 Å². The van der Waals surface area contributed by atoms with Crippen LogP contribution in [-0.2, 0) is 14.2 Å². The van der Waals surface area contributed by atoms with Gasteiger partial charge >= 0.3 is 11.7 Å². The minimum absolute atomic E-state index is 0.0589. The fraction of sp³-hybridized carbons (Fsp3) is 0.281. The third kappa shape index (κ3) is 6.00. The van der Waals surface area contributed by atoms with Crippen LogP contribution in [0, 0.1) is 6.92 Å². The first kappa shape index (κ1) is 32.1. The van der Waals surface area contributed by atoms with Gasteiger partial charge in [0.05, 0.1) is 11.0 Å². The minimum Gasteiger partial charge on any atom is -0.505 e. The van der Waals surface area contributed by atoms with E-state index in [-0.39, 0.29) is 39.3 Å². The number of fused-ring (bicyclic) bond motifs is 1. The molecular weight excluding hydrogens is 604 g/mol. The Morgan fingerprint density at radius 2 is 1.72 bits per heavy atom. The average Bonchev–Trinajstić information content (AvgIpc) is 3.00. The highest BCUT2D eigenvalue weighted by Gasteiger charge is 2.53. The lowest BCUT2D eigenvalue weighted by atomic mass is 9.89. The molecule has 0 bridgehead atoms. The van der Waals surface area contributed by atoms with Gasteiger partial charge in [-0.1, -0.05) is 18.2 Å². The molecule has 4 aromatic rings. The van der Waals surface area contributed by atoms with Crippen molar-refractivity contribution in [1.29, 1.82) is 0 Å². The lowest BCUT2D eigenvalue weighted by Gasteiger charge is -2.47. The Balaban J connectivity index is 1.42. The van der Waals surface area contributed by atoms with Gasteiger partial charge in [-0.3, -0.25) is 4.79 Å². The van der Waals surface area contributed by atoms with Crippen molar-refractivity contribution < 1.29 is 53.4 Å². The van der Waals surface area contributed by atoms with E-state index in [0.29, 0.717) is 11.1 Å². The summed E-state index contributed by atoms with van der Waals surface area (Å²) < 4.78 is 27.9. The smallest absolute Gasteiger partial charge is 0.404 e. The Morgan fingerprint density at radius 3 is 2.39 bits per heavy atom. The van der Waals surface area contributed by atoms with Crippen molar-refractivity contribution in [1.82, 2.24) is 0 Å². The van der Waals surface area contributed by atoms with Gasteiger partial charge in [-0.2, -0.15) is 0 Å². The Morgan fingerprint density at radius 1 is 1.00 bits per heavy atom. The van der Waals surface area contributed by atoms with Crippen LogP contribution in [0.2, 0.25) is 0 Å². The van der Waals surface area contributed by atoms with E-state index in [9.17, 15) is 34.8 Å². The first-order valence-electron chi connectivity index (χ1n) is 14.0. The highest BCUT2D eigenvalue weighted by atomic mass is 16.7. The summed E-state index contributed by atoms with van der Waals surface area (Å²) in [6, 6.07) is 13.3. The van der Waals surface area contributed by atoms with E-state index in [1.807, 2.05) is 0 Å². The summed E-state index contributed by atoms with van der Waals surface area (Å²) in [5.41, 5.74) is 3.94. The number of rotatable bonds is 7. The van der Waals surface area contributed by atoms with Crippen molar-refractivity contribution in [3.8, 4) is 34.1 Å². The summed E-state index contributed by atoms with van der Waals surface area (Å²) in [6.45, 7) is 4.84. The molecule has 7 N–H and O–H groups in total. The van der Waals surface area contributed by atoms with Gasteiger partial charge in [0.25, 0.3) is 5.91 Å². The molecular formula is C32H32N2O12. The normalized spacial score (nSPS) is 20.6. The number of carbonyl (C=O) groups excluding carboxylic acids is 2. The van der Waals surface area contributed by atoms with Crippen LogP contribution < -0.4 is 21.4 Å². The summed E-state index contributed by atoms with van der Waals surface area (Å²) in [6.07, 6.45) is -6.16. The van der Waals surface area contributed by atoms with Crippen LogP contribution in [-0.4, -0.2) is 69.7 Å². The van der Waals surface area contributed by atoms with Gasteiger partial charge in [0, 0.05) is 18.2 Å². The van der Waals surface area contributed by atoms with Crippen molar-refractivity contribution in [2.24, 2.45) is 5.73 Å². The number of aliphatic hydroxyl groups is 1. The lowest BCUT2D eigenvalue weighted by molar-refractivity contribution is -0.304. The number of nitrogens with two attached hydrogens (primary N) is 1. The standard InChI is InChI=1S/C32H32N2O12/c1-14-21(43-30-24(38)26(45-31(33)41)27(42-4)32(2,3)46-30)11-9-18-23(37)22(29(40)44-25(14)18)34-28(39)17-7-5-6-15(12-17)16-8-10-19(35)20(36)13-16/h5-13,24,26-27,30,35-38H,1-4H3,(H2,33,41)(H,34,39)/t24-,26+,27-,30-/m1/s1. The monoisotopic (exact) mass is 636 g/mol. The summed E-state index contributed by atoms with van der Waals surface area (Å²) in [5.74, 6) is -1.80. The van der Waals surface area contributed by atoms with Gasteiger partial charge in [-0.05, 0) is 68.3 Å². The van der Waals surface area contributed by atoms with Gasteiger partial charge in [0.1, 0.15) is 17.4 Å². The number of phenolic OH excluding ortho intramolecular Hbond substituents is 2. The van der Waals surface area contributed by atoms with Gasteiger partial charge in [-0.25, -0.2) is 9.59 Å². The second-order valence-electron chi connectivity index (χ2n) is 11.2. The number of phenols is 2. The number of aryl methyl sites for hydroxylation is 1. The Labute approximate surface area is 261 Å². The maximum absolute atomic E-state index is 13.1. The van der Waals surface area contributed by atoms with E-state index >= 15 is 0 Å². The SMILES string of the molecule is CO[C@@H]1[C@@H](OC(N)=O)[C@@H](O)[C@H](Oc2ccc3c(O)c(NC(=O)c4cccc(-c5ccc(O)c(O)c5)c4)c(=O)oc3c2C)OC1(C)C. The number of aromatic hydroxyl groups is 3. The lowest BCUT2D eigenvalue weighted by Crippen LogP contribution is -2.65. The zero-order chi connectivity index (χ0) is 33.5. The molecule has 2 amide bonds. The van der Waals surface area contributed by atoms with Crippen molar-refractivity contribution >= 4 is 28.7 Å². The maximum Gasteiger partial charge on any atom is 0.404 e. The molecule has 0 aliphatic carbocycles. The number of carbonyl (C=O) groups is 2. The molecule has 0 radical (unpaired) electrons.